The number of imidazole rings is 1. The standard InChI is InChI=1S/C15H11N5/c16-7-11-3-1-2-4-13(11)20-10-18-9-14(20)12-5-6-15(17)19-8-12/h1-6,8-10H,(H2,17,19). The van der Waals surface area contributed by atoms with Crippen LogP contribution in [0.4, 0.5) is 5.82 Å². The minimum Gasteiger partial charge on any atom is -0.384 e. The molecule has 0 fully saturated rings. The summed E-state index contributed by atoms with van der Waals surface area (Å²) in [6.45, 7) is 0. The maximum atomic E-state index is 9.20. The molecule has 0 aliphatic heterocycles. The molecule has 0 spiro atoms. The molecular formula is C15H11N5. The molecule has 0 atom stereocenters. The molecule has 0 radical (unpaired) electrons. The van der Waals surface area contributed by atoms with Gasteiger partial charge in [-0.2, -0.15) is 5.26 Å². The van der Waals surface area contributed by atoms with Crippen LogP contribution in [-0.2, 0) is 0 Å². The molecule has 2 N–H and O–H groups in total. The third-order valence-electron chi connectivity index (χ3n) is 3.00. The molecule has 0 aliphatic rings. The van der Waals surface area contributed by atoms with Crippen molar-refractivity contribution in [3.05, 3.63) is 60.7 Å². The molecule has 0 saturated heterocycles. The van der Waals surface area contributed by atoms with E-state index in [4.69, 9.17) is 5.73 Å². The number of hydrogen-bond acceptors (Lipinski definition) is 4. The van der Waals surface area contributed by atoms with Crippen LogP contribution in [0.2, 0.25) is 0 Å². The Kier molecular flexibility index (Phi) is 2.90. The fourth-order valence-corrected chi connectivity index (χ4v) is 2.04. The summed E-state index contributed by atoms with van der Waals surface area (Å²) in [6.07, 6.45) is 5.11. The largest absolute Gasteiger partial charge is 0.384 e. The fraction of sp³-hybridized carbons (Fsp3) is 0. The maximum absolute atomic E-state index is 9.20. The van der Waals surface area contributed by atoms with Gasteiger partial charge in [-0.05, 0) is 24.3 Å². The number of nitrogens with two attached hydrogens (primary N) is 1. The molecule has 0 aliphatic carbocycles. The first-order valence-corrected chi connectivity index (χ1v) is 6.03. The second kappa shape index (κ2) is 4.86. The van der Waals surface area contributed by atoms with E-state index in [1.165, 1.54) is 0 Å². The van der Waals surface area contributed by atoms with Crippen molar-refractivity contribution in [1.82, 2.24) is 14.5 Å². The van der Waals surface area contributed by atoms with Crippen molar-refractivity contribution in [2.24, 2.45) is 0 Å². The monoisotopic (exact) mass is 261 g/mol. The lowest BCUT2D eigenvalue weighted by molar-refractivity contribution is 1.05. The number of pyridine rings is 1. The highest BCUT2D eigenvalue weighted by Crippen LogP contribution is 2.24. The second-order valence-corrected chi connectivity index (χ2v) is 4.25. The van der Waals surface area contributed by atoms with Crippen molar-refractivity contribution in [2.75, 3.05) is 5.73 Å². The molecule has 20 heavy (non-hydrogen) atoms. The Labute approximate surface area is 116 Å². The number of hydrogen-bond donors (Lipinski definition) is 1. The highest BCUT2D eigenvalue weighted by atomic mass is 15.1. The lowest BCUT2D eigenvalue weighted by Gasteiger charge is -2.09. The Hall–Kier alpha value is -3.13. The Morgan fingerprint density at radius 3 is 2.70 bits per heavy atom. The predicted octanol–water partition coefficient (Wildman–Crippen LogP) is 2.39. The lowest BCUT2D eigenvalue weighted by atomic mass is 10.1. The first-order chi connectivity index (χ1) is 9.79. The molecule has 3 aromatic rings. The third-order valence-corrected chi connectivity index (χ3v) is 3.00. The molecule has 2 heterocycles. The summed E-state index contributed by atoms with van der Waals surface area (Å²) in [5.74, 6) is 0.470. The summed E-state index contributed by atoms with van der Waals surface area (Å²) in [5, 5.41) is 9.20. The molecular weight excluding hydrogens is 250 g/mol. The van der Waals surface area contributed by atoms with E-state index in [9.17, 15) is 5.26 Å². The maximum Gasteiger partial charge on any atom is 0.123 e. The molecule has 0 bridgehead atoms. The van der Waals surface area contributed by atoms with Crippen LogP contribution in [-0.4, -0.2) is 14.5 Å². The molecule has 2 aromatic heterocycles. The van der Waals surface area contributed by atoms with Crippen LogP contribution < -0.4 is 5.73 Å². The van der Waals surface area contributed by atoms with Crippen LogP contribution in [0, 0.1) is 11.3 Å². The molecule has 1 aromatic carbocycles. The minimum absolute atomic E-state index is 0.470. The summed E-state index contributed by atoms with van der Waals surface area (Å²) in [6, 6.07) is 13.2. The van der Waals surface area contributed by atoms with E-state index in [-0.39, 0.29) is 0 Å². The molecule has 5 nitrogen and oxygen atoms in total. The van der Waals surface area contributed by atoms with E-state index in [2.05, 4.69) is 16.0 Å². The number of benzene rings is 1. The number of anilines is 1. The van der Waals surface area contributed by atoms with Crippen LogP contribution >= 0.6 is 0 Å². The van der Waals surface area contributed by atoms with Crippen LogP contribution in [0.25, 0.3) is 16.9 Å². The highest BCUT2D eigenvalue weighted by Gasteiger charge is 2.10. The lowest BCUT2D eigenvalue weighted by Crippen LogP contribution is -1.98. The molecule has 5 heteroatoms. The van der Waals surface area contributed by atoms with Gasteiger partial charge in [0.1, 0.15) is 11.9 Å². The van der Waals surface area contributed by atoms with E-state index in [1.54, 1.807) is 30.9 Å². The highest BCUT2D eigenvalue weighted by molar-refractivity contribution is 5.63. The zero-order valence-electron chi connectivity index (χ0n) is 10.6. The fourth-order valence-electron chi connectivity index (χ4n) is 2.04. The Morgan fingerprint density at radius 2 is 1.95 bits per heavy atom. The number of rotatable bonds is 2. The van der Waals surface area contributed by atoms with Gasteiger partial charge in [0.05, 0.1) is 29.5 Å². The molecule has 96 valence electrons. The van der Waals surface area contributed by atoms with Gasteiger partial charge in [-0.3, -0.25) is 4.57 Å². The number of nitrogens with zero attached hydrogens (tertiary/aromatic N) is 4. The van der Waals surface area contributed by atoms with Gasteiger partial charge in [-0.15, -0.1) is 0 Å². The van der Waals surface area contributed by atoms with Gasteiger partial charge in [0.25, 0.3) is 0 Å². The Morgan fingerprint density at radius 1 is 1.10 bits per heavy atom. The summed E-state index contributed by atoms with van der Waals surface area (Å²) in [7, 11) is 0. The summed E-state index contributed by atoms with van der Waals surface area (Å²) >= 11 is 0. The topological polar surface area (TPSA) is 80.5 Å². The molecule has 0 saturated carbocycles. The van der Waals surface area contributed by atoms with Gasteiger partial charge in [0.15, 0.2) is 0 Å². The van der Waals surface area contributed by atoms with Crippen LogP contribution in [0.15, 0.2) is 55.1 Å². The van der Waals surface area contributed by atoms with Gasteiger partial charge in [-0.25, -0.2) is 9.97 Å². The zero-order chi connectivity index (χ0) is 13.9. The Bertz CT molecular complexity index is 781. The van der Waals surface area contributed by atoms with Crippen molar-refractivity contribution >= 4 is 5.82 Å². The van der Waals surface area contributed by atoms with E-state index < -0.39 is 0 Å². The summed E-state index contributed by atoms with van der Waals surface area (Å²) in [4.78, 5) is 8.25. The normalized spacial score (nSPS) is 10.2. The molecule has 0 amide bonds. The third kappa shape index (κ3) is 1.99. The van der Waals surface area contributed by atoms with Crippen molar-refractivity contribution < 1.29 is 0 Å². The molecule has 3 rings (SSSR count). The van der Waals surface area contributed by atoms with Crippen molar-refractivity contribution in [1.29, 1.82) is 5.26 Å². The number of nitrogen functional groups attached to an aromatic ring is 1. The first kappa shape index (κ1) is 11.9. The number of para-hydroxylation sites is 1. The van der Waals surface area contributed by atoms with E-state index in [0.29, 0.717) is 11.4 Å². The molecule has 0 unspecified atom stereocenters. The zero-order valence-corrected chi connectivity index (χ0v) is 10.6. The minimum atomic E-state index is 0.470. The van der Waals surface area contributed by atoms with E-state index >= 15 is 0 Å². The van der Waals surface area contributed by atoms with Crippen molar-refractivity contribution in [3.63, 3.8) is 0 Å². The van der Waals surface area contributed by atoms with Crippen molar-refractivity contribution in [2.45, 2.75) is 0 Å². The SMILES string of the molecule is N#Cc1ccccc1-n1cncc1-c1ccc(N)nc1. The van der Waals surface area contributed by atoms with Gasteiger partial charge in [0, 0.05) is 11.8 Å². The Balaban J connectivity index is 2.16. The summed E-state index contributed by atoms with van der Waals surface area (Å²) < 4.78 is 1.87. The van der Waals surface area contributed by atoms with Gasteiger partial charge in [-0.1, -0.05) is 12.1 Å². The number of nitriles is 1. The van der Waals surface area contributed by atoms with Crippen LogP contribution in [0.5, 0.6) is 0 Å². The van der Waals surface area contributed by atoms with Crippen molar-refractivity contribution in [3.8, 4) is 23.0 Å². The average molecular weight is 261 g/mol. The van der Waals surface area contributed by atoms with Gasteiger partial charge >= 0.3 is 0 Å². The number of aromatic nitrogens is 3. The quantitative estimate of drug-likeness (QED) is 0.768. The van der Waals surface area contributed by atoms with Crippen LogP contribution in [0.3, 0.4) is 0 Å². The first-order valence-electron chi connectivity index (χ1n) is 6.03. The second-order valence-electron chi connectivity index (χ2n) is 4.25. The van der Waals surface area contributed by atoms with Crippen LogP contribution in [0.1, 0.15) is 5.56 Å². The smallest absolute Gasteiger partial charge is 0.123 e. The van der Waals surface area contributed by atoms with E-state index in [1.807, 2.05) is 28.8 Å². The van der Waals surface area contributed by atoms with Gasteiger partial charge < -0.3 is 5.73 Å². The average Bonchev–Trinajstić information content (AvgIpc) is 2.97. The predicted molar refractivity (Wildman–Crippen MR) is 75.9 cm³/mol. The van der Waals surface area contributed by atoms with E-state index in [0.717, 1.165) is 16.9 Å². The van der Waals surface area contributed by atoms with Gasteiger partial charge in [0.2, 0.25) is 0 Å². The summed E-state index contributed by atoms with van der Waals surface area (Å²) in [5.41, 5.74) is 8.74.